The zero-order valence-electron chi connectivity index (χ0n) is 13.3. The second-order valence-corrected chi connectivity index (χ2v) is 6.50. The predicted octanol–water partition coefficient (Wildman–Crippen LogP) is 3.98. The van der Waals surface area contributed by atoms with E-state index in [1.807, 2.05) is 24.3 Å². The number of hydrogen-bond donors (Lipinski definition) is 4. The number of nitrogens with zero attached hydrogens (tertiary/aromatic N) is 2. The molecular formula is C17H14BrClN6O. The first-order chi connectivity index (χ1) is 12.5. The maximum atomic E-state index is 12.2. The van der Waals surface area contributed by atoms with E-state index in [1.165, 1.54) is 6.33 Å². The Morgan fingerprint density at radius 2 is 1.85 bits per heavy atom. The van der Waals surface area contributed by atoms with E-state index < -0.39 is 5.91 Å². The second kappa shape index (κ2) is 8.03. The lowest BCUT2D eigenvalue weighted by Crippen LogP contribution is -2.30. The molecule has 0 aliphatic carbocycles. The predicted molar refractivity (Wildman–Crippen MR) is 106 cm³/mol. The molecule has 0 aliphatic heterocycles. The molecular weight excluding hydrogens is 420 g/mol. The number of amides is 1. The number of anilines is 4. The molecule has 1 heterocycles. The van der Waals surface area contributed by atoms with Crippen LogP contribution in [0.2, 0.25) is 5.02 Å². The largest absolute Gasteiger partial charge is 0.393 e. The highest BCUT2D eigenvalue weighted by molar-refractivity contribution is 9.10. The molecule has 0 spiro atoms. The van der Waals surface area contributed by atoms with Gasteiger partial charge < -0.3 is 11.1 Å². The summed E-state index contributed by atoms with van der Waals surface area (Å²) in [7, 11) is 0. The molecule has 132 valence electrons. The molecule has 0 aliphatic rings. The average molecular weight is 434 g/mol. The lowest BCUT2D eigenvalue weighted by molar-refractivity contribution is 0.0962. The minimum Gasteiger partial charge on any atom is -0.393 e. The maximum Gasteiger partial charge on any atom is 0.271 e. The molecule has 0 saturated heterocycles. The summed E-state index contributed by atoms with van der Waals surface area (Å²) in [5.41, 5.74) is 12.7. The van der Waals surface area contributed by atoms with E-state index in [9.17, 15) is 4.79 Å². The third-order valence-electron chi connectivity index (χ3n) is 3.38. The molecule has 0 bridgehead atoms. The van der Waals surface area contributed by atoms with Crippen LogP contribution in [-0.4, -0.2) is 15.9 Å². The normalized spacial score (nSPS) is 10.2. The Bertz CT molecular complexity index is 952. The van der Waals surface area contributed by atoms with Crippen LogP contribution in [0.25, 0.3) is 0 Å². The molecule has 3 rings (SSSR count). The van der Waals surface area contributed by atoms with Crippen LogP contribution < -0.4 is 21.9 Å². The second-order valence-electron chi connectivity index (χ2n) is 5.18. The standard InChI is InChI=1S/C17H14BrClN6O/c18-10-4-3-5-11(8-10)23-15-14(20)16(22-9-21-15)24-25-17(26)12-6-1-2-7-13(12)19/h1-9H,20H2,(H,25,26)(H2,21,22,23,24). The number of aromatic nitrogens is 2. The number of benzene rings is 2. The Hall–Kier alpha value is -2.84. The molecule has 0 radical (unpaired) electrons. The first-order valence-corrected chi connectivity index (χ1v) is 8.65. The van der Waals surface area contributed by atoms with Gasteiger partial charge in [0.1, 0.15) is 12.0 Å². The molecule has 3 aromatic rings. The molecule has 9 heteroatoms. The van der Waals surface area contributed by atoms with Gasteiger partial charge in [-0.1, -0.05) is 45.7 Å². The van der Waals surface area contributed by atoms with Gasteiger partial charge >= 0.3 is 0 Å². The van der Waals surface area contributed by atoms with Crippen molar-refractivity contribution < 1.29 is 4.79 Å². The summed E-state index contributed by atoms with van der Waals surface area (Å²) in [5.74, 6) is 0.264. The molecule has 1 amide bonds. The summed E-state index contributed by atoms with van der Waals surface area (Å²) in [4.78, 5) is 20.4. The fourth-order valence-corrected chi connectivity index (χ4v) is 2.75. The van der Waals surface area contributed by atoms with Crippen molar-refractivity contribution >= 4 is 56.4 Å². The van der Waals surface area contributed by atoms with Gasteiger partial charge in [-0.05, 0) is 30.3 Å². The first kappa shape index (κ1) is 18.0. The zero-order valence-corrected chi connectivity index (χ0v) is 15.7. The van der Waals surface area contributed by atoms with Crippen LogP contribution in [0.1, 0.15) is 10.4 Å². The molecule has 1 aromatic heterocycles. The average Bonchev–Trinajstić information content (AvgIpc) is 2.62. The van der Waals surface area contributed by atoms with E-state index in [1.54, 1.807) is 24.3 Å². The summed E-state index contributed by atoms with van der Waals surface area (Å²) in [6.45, 7) is 0. The molecule has 2 aromatic carbocycles. The van der Waals surface area contributed by atoms with Crippen LogP contribution in [0, 0.1) is 0 Å². The van der Waals surface area contributed by atoms with E-state index in [0.717, 1.165) is 10.2 Å². The monoisotopic (exact) mass is 432 g/mol. The van der Waals surface area contributed by atoms with Crippen molar-refractivity contribution in [2.45, 2.75) is 0 Å². The van der Waals surface area contributed by atoms with Crippen molar-refractivity contribution in [3.05, 3.63) is 69.9 Å². The Balaban J connectivity index is 1.73. The third kappa shape index (κ3) is 4.22. The number of carbonyl (C=O) groups is 1. The first-order valence-electron chi connectivity index (χ1n) is 7.48. The van der Waals surface area contributed by atoms with Crippen LogP contribution in [0.4, 0.5) is 23.0 Å². The van der Waals surface area contributed by atoms with E-state index in [0.29, 0.717) is 16.4 Å². The van der Waals surface area contributed by atoms with Crippen LogP contribution in [-0.2, 0) is 0 Å². The van der Waals surface area contributed by atoms with Crippen LogP contribution in [0.5, 0.6) is 0 Å². The lowest BCUT2D eigenvalue weighted by Gasteiger charge is -2.13. The van der Waals surface area contributed by atoms with Crippen molar-refractivity contribution in [1.82, 2.24) is 15.4 Å². The van der Waals surface area contributed by atoms with Crippen LogP contribution in [0.15, 0.2) is 59.3 Å². The fourth-order valence-electron chi connectivity index (χ4n) is 2.13. The van der Waals surface area contributed by atoms with Gasteiger partial charge in [0.25, 0.3) is 5.91 Å². The summed E-state index contributed by atoms with van der Waals surface area (Å²) in [6.07, 6.45) is 1.33. The molecule has 26 heavy (non-hydrogen) atoms. The minimum atomic E-state index is -0.407. The summed E-state index contributed by atoms with van der Waals surface area (Å²) in [5, 5.41) is 3.45. The van der Waals surface area contributed by atoms with Gasteiger partial charge in [0.2, 0.25) is 0 Å². The van der Waals surface area contributed by atoms with Gasteiger partial charge in [-0.2, -0.15) is 0 Å². The summed E-state index contributed by atoms with van der Waals surface area (Å²) >= 11 is 9.41. The number of halogens is 2. The number of nitrogens with two attached hydrogens (primary N) is 1. The number of nitrogen functional groups attached to an aromatic ring is 1. The summed E-state index contributed by atoms with van der Waals surface area (Å²) < 4.78 is 0.917. The molecule has 0 atom stereocenters. The van der Waals surface area contributed by atoms with Gasteiger partial charge in [0.05, 0.1) is 10.6 Å². The topological polar surface area (TPSA) is 105 Å². The van der Waals surface area contributed by atoms with E-state index in [2.05, 4.69) is 42.1 Å². The number of hydrogen-bond acceptors (Lipinski definition) is 6. The molecule has 0 unspecified atom stereocenters. The fraction of sp³-hybridized carbons (Fsp3) is 0. The Morgan fingerprint density at radius 1 is 1.08 bits per heavy atom. The Kier molecular flexibility index (Phi) is 5.55. The molecule has 0 fully saturated rings. The van der Waals surface area contributed by atoms with E-state index in [4.69, 9.17) is 17.3 Å². The Labute approximate surface area is 163 Å². The minimum absolute atomic E-state index is 0.256. The van der Waals surface area contributed by atoms with Gasteiger partial charge in [-0.25, -0.2) is 9.97 Å². The molecule has 5 N–H and O–H groups in total. The number of hydrazine groups is 1. The van der Waals surface area contributed by atoms with Crippen molar-refractivity contribution in [2.24, 2.45) is 0 Å². The highest BCUT2D eigenvalue weighted by Crippen LogP contribution is 2.26. The molecule has 7 nitrogen and oxygen atoms in total. The van der Waals surface area contributed by atoms with Crippen molar-refractivity contribution in [3.8, 4) is 0 Å². The number of carbonyl (C=O) groups excluding carboxylic acids is 1. The van der Waals surface area contributed by atoms with Gasteiger partial charge in [-0.3, -0.25) is 15.6 Å². The highest BCUT2D eigenvalue weighted by atomic mass is 79.9. The van der Waals surface area contributed by atoms with Crippen molar-refractivity contribution in [1.29, 1.82) is 0 Å². The van der Waals surface area contributed by atoms with Gasteiger partial charge in [0.15, 0.2) is 11.6 Å². The van der Waals surface area contributed by atoms with Crippen molar-refractivity contribution in [3.63, 3.8) is 0 Å². The van der Waals surface area contributed by atoms with E-state index in [-0.39, 0.29) is 11.5 Å². The van der Waals surface area contributed by atoms with Gasteiger partial charge in [-0.15, -0.1) is 0 Å². The number of nitrogens with one attached hydrogen (secondary N) is 3. The Morgan fingerprint density at radius 3 is 2.62 bits per heavy atom. The molecule has 0 saturated carbocycles. The zero-order chi connectivity index (χ0) is 18.5. The van der Waals surface area contributed by atoms with Crippen LogP contribution >= 0.6 is 27.5 Å². The SMILES string of the molecule is Nc1c(NNC(=O)c2ccccc2Cl)ncnc1Nc1cccc(Br)c1. The third-order valence-corrected chi connectivity index (χ3v) is 4.21. The van der Waals surface area contributed by atoms with Gasteiger partial charge in [0, 0.05) is 10.2 Å². The smallest absolute Gasteiger partial charge is 0.271 e. The maximum absolute atomic E-state index is 12.2. The highest BCUT2D eigenvalue weighted by Gasteiger charge is 2.12. The van der Waals surface area contributed by atoms with Crippen molar-refractivity contribution in [2.75, 3.05) is 16.5 Å². The van der Waals surface area contributed by atoms with E-state index >= 15 is 0 Å². The number of rotatable bonds is 5. The quantitative estimate of drug-likeness (QED) is 0.454. The summed E-state index contributed by atoms with van der Waals surface area (Å²) in [6, 6.07) is 14.3. The lowest BCUT2D eigenvalue weighted by atomic mass is 10.2. The van der Waals surface area contributed by atoms with Crippen LogP contribution in [0.3, 0.4) is 0 Å².